The van der Waals surface area contributed by atoms with Crippen LogP contribution in [0.4, 0.5) is 14.4 Å². The second kappa shape index (κ2) is 16.2. The number of H-pyrrole nitrogens is 1. The molecule has 59 heavy (non-hydrogen) atoms. The van der Waals surface area contributed by atoms with E-state index in [1.54, 1.807) is 22.2 Å². The Bertz CT molecular complexity index is 2310. The highest BCUT2D eigenvalue weighted by atomic mass is 32.1. The van der Waals surface area contributed by atoms with Crippen molar-refractivity contribution in [3.63, 3.8) is 0 Å². The Morgan fingerprint density at radius 2 is 1.54 bits per heavy atom. The van der Waals surface area contributed by atoms with Gasteiger partial charge in [0.2, 0.25) is 5.91 Å². The number of likely N-dealkylation sites (tertiary alicyclic amines) is 2. The van der Waals surface area contributed by atoms with Crippen LogP contribution in [0.15, 0.2) is 53.2 Å². The molecule has 0 bridgehead atoms. The second-order valence-electron chi connectivity index (χ2n) is 17.4. The molecular formula is C43H53N7O8S. The van der Waals surface area contributed by atoms with Gasteiger partial charge < -0.3 is 33.8 Å². The molecule has 5 aromatic rings. The molecule has 7 rings (SSSR count). The Morgan fingerprint density at radius 1 is 0.898 bits per heavy atom. The molecule has 2 aliphatic rings. The van der Waals surface area contributed by atoms with Gasteiger partial charge in [-0.2, -0.15) is 0 Å². The first kappa shape index (κ1) is 41.5. The van der Waals surface area contributed by atoms with Gasteiger partial charge in [0.25, 0.3) is 0 Å². The fourth-order valence-corrected chi connectivity index (χ4v) is 8.52. The molecule has 2 aliphatic heterocycles. The van der Waals surface area contributed by atoms with Gasteiger partial charge in [-0.25, -0.2) is 28.9 Å². The van der Waals surface area contributed by atoms with Crippen LogP contribution < -0.4 is 5.32 Å². The molecule has 2 unspecified atom stereocenters. The van der Waals surface area contributed by atoms with Gasteiger partial charge in [-0.1, -0.05) is 38.1 Å². The molecule has 4 aromatic heterocycles. The number of aromatic amines is 1. The normalized spacial score (nSPS) is 17.8. The summed E-state index contributed by atoms with van der Waals surface area (Å²) in [7, 11) is 1.28. The molecule has 0 saturated carbocycles. The molecule has 0 spiro atoms. The summed E-state index contributed by atoms with van der Waals surface area (Å²) in [5.41, 5.74) is 2.50. The lowest BCUT2D eigenvalue weighted by Crippen LogP contribution is -2.51. The van der Waals surface area contributed by atoms with Crippen molar-refractivity contribution in [2.24, 2.45) is 5.92 Å². The van der Waals surface area contributed by atoms with Crippen molar-refractivity contribution in [1.29, 1.82) is 0 Å². The number of rotatable bonds is 8. The smallest absolute Gasteiger partial charge is 0.420 e. The largest absolute Gasteiger partial charge is 0.455 e. The van der Waals surface area contributed by atoms with Crippen molar-refractivity contribution < 1.29 is 37.8 Å². The second-order valence-corrected chi connectivity index (χ2v) is 18.5. The van der Waals surface area contributed by atoms with Crippen LogP contribution in [0.2, 0.25) is 0 Å². The maximum absolute atomic E-state index is 13.6. The molecular weight excluding hydrogens is 775 g/mol. The number of carbonyl (C=O) groups is 4. The molecule has 3 amide bonds. The molecule has 16 heteroatoms. The number of hydrogen-bond acceptors (Lipinski definition) is 11. The van der Waals surface area contributed by atoms with Crippen molar-refractivity contribution in [2.75, 3.05) is 20.2 Å². The van der Waals surface area contributed by atoms with Crippen molar-refractivity contribution in [2.45, 2.75) is 110 Å². The van der Waals surface area contributed by atoms with Gasteiger partial charge in [-0.05, 0) is 78.7 Å². The van der Waals surface area contributed by atoms with E-state index in [0.29, 0.717) is 48.2 Å². The number of nitrogens with zero attached hydrogens (tertiary/aromatic N) is 5. The summed E-state index contributed by atoms with van der Waals surface area (Å²) in [6.07, 6.45) is 4.77. The number of aromatic nitrogens is 4. The first-order chi connectivity index (χ1) is 27.9. The number of ether oxygens (including phenoxy) is 3. The number of furan rings is 1. The van der Waals surface area contributed by atoms with Crippen molar-refractivity contribution >= 4 is 45.8 Å². The van der Waals surface area contributed by atoms with Crippen molar-refractivity contribution in [3.05, 3.63) is 60.4 Å². The van der Waals surface area contributed by atoms with Crippen molar-refractivity contribution in [3.8, 4) is 33.2 Å². The highest BCUT2D eigenvalue weighted by Gasteiger charge is 2.39. The molecule has 314 valence electrons. The minimum atomic E-state index is -0.735. The van der Waals surface area contributed by atoms with Crippen LogP contribution in [-0.2, 0) is 19.0 Å². The predicted molar refractivity (Wildman–Crippen MR) is 223 cm³/mol. The number of hydrogen-bond donors (Lipinski definition) is 2. The number of fused-ring (bicyclic) bond motifs is 1. The van der Waals surface area contributed by atoms with Crippen LogP contribution in [0.5, 0.6) is 0 Å². The van der Waals surface area contributed by atoms with Gasteiger partial charge in [-0.3, -0.25) is 9.69 Å². The quantitative estimate of drug-likeness (QED) is 0.144. The number of methoxy groups -OCH3 is 1. The molecule has 15 nitrogen and oxygen atoms in total. The molecule has 6 heterocycles. The topological polar surface area (TPSA) is 174 Å². The molecule has 0 radical (unpaired) electrons. The molecule has 2 fully saturated rings. The number of benzene rings is 1. The molecule has 0 aliphatic carbocycles. The number of carbonyl (C=O) groups excluding carboxylic acids is 4. The van der Waals surface area contributed by atoms with Gasteiger partial charge in [0.05, 0.1) is 46.4 Å². The van der Waals surface area contributed by atoms with E-state index in [2.05, 4.69) is 15.3 Å². The summed E-state index contributed by atoms with van der Waals surface area (Å²) in [4.78, 5) is 69.6. The summed E-state index contributed by atoms with van der Waals surface area (Å²) < 4.78 is 24.9. The van der Waals surface area contributed by atoms with Gasteiger partial charge in [0.15, 0.2) is 0 Å². The zero-order chi connectivity index (χ0) is 42.4. The Kier molecular flexibility index (Phi) is 11.4. The van der Waals surface area contributed by atoms with Crippen LogP contribution in [0.1, 0.15) is 105 Å². The lowest BCUT2D eigenvalue weighted by molar-refractivity contribution is -0.135. The van der Waals surface area contributed by atoms with E-state index in [0.717, 1.165) is 45.7 Å². The van der Waals surface area contributed by atoms with E-state index < -0.39 is 41.6 Å². The number of imidazole rings is 2. The standard InChI is InChI=1S/C43H53N7O8S/c1-24(2)35(47-39(52)55-9)38(51)48-18-10-12-29(48)36-44-22-27(45-36)25-14-16-26(17-15-25)31-20-34-32(56-31)21-33(59-34)28-23-50(41(54)58-43(6,7)8)37(46-28)30-13-11-19-49(30)40(53)57-42(3,4)5/h14-17,20-24,29-30,35H,10-13,18-19H2,1-9H3,(H,44,45)(H,47,52)/t29?,30?,35-/m0/s1. The molecule has 2 saturated heterocycles. The third kappa shape index (κ3) is 9.02. The van der Waals surface area contributed by atoms with Crippen LogP contribution in [-0.4, -0.2) is 90.9 Å². The third-order valence-corrected chi connectivity index (χ3v) is 11.4. The zero-order valence-corrected chi connectivity index (χ0v) is 35.9. The van der Waals surface area contributed by atoms with E-state index in [1.807, 2.05) is 91.8 Å². The van der Waals surface area contributed by atoms with E-state index in [1.165, 1.54) is 23.0 Å². The number of thiophene rings is 1. The third-order valence-electron chi connectivity index (χ3n) is 10.3. The van der Waals surface area contributed by atoms with E-state index >= 15 is 0 Å². The van der Waals surface area contributed by atoms with Gasteiger partial charge in [0, 0.05) is 37.0 Å². The zero-order valence-electron chi connectivity index (χ0n) is 35.1. The number of alkyl carbamates (subject to hydrolysis) is 1. The van der Waals surface area contributed by atoms with Gasteiger partial charge >= 0.3 is 18.3 Å². The van der Waals surface area contributed by atoms with Gasteiger partial charge in [-0.15, -0.1) is 11.3 Å². The highest BCUT2D eigenvalue weighted by molar-refractivity contribution is 7.22. The lowest BCUT2D eigenvalue weighted by atomic mass is 10.0. The number of amides is 3. The molecule has 1 aromatic carbocycles. The number of nitrogens with one attached hydrogen (secondary N) is 2. The van der Waals surface area contributed by atoms with Crippen LogP contribution in [0.25, 0.3) is 43.4 Å². The van der Waals surface area contributed by atoms with Crippen LogP contribution >= 0.6 is 11.3 Å². The Hall–Kier alpha value is -5.64. The SMILES string of the molecule is COC(=O)N[C@H](C(=O)N1CCCC1c1ncc(-c2ccc(-c3cc4sc(-c5cn(C(=O)OC(C)(C)C)c(C6CCCN6C(=O)OC(C)(C)C)n5)cc4o3)cc2)[nH]1)C(C)C. The predicted octanol–water partition coefficient (Wildman–Crippen LogP) is 9.31. The Balaban J connectivity index is 1.09. The summed E-state index contributed by atoms with van der Waals surface area (Å²) in [6, 6.07) is 10.5. The Morgan fingerprint density at radius 3 is 2.19 bits per heavy atom. The Labute approximate surface area is 347 Å². The first-order valence-corrected chi connectivity index (χ1v) is 20.9. The maximum Gasteiger partial charge on any atom is 0.420 e. The van der Waals surface area contributed by atoms with Gasteiger partial charge in [0.1, 0.15) is 40.2 Å². The fourth-order valence-electron chi connectivity index (χ4n) is 7.54. The average molecular weight is 828 g/mol. The molecule has 3 atom stereocenters. The highest BCUT2D eigenvalue weighted by Crippen LogP contribution is 2.41. The summed E-state index contributed by atoms with van der Waals surface area (Å²) in [5, 5.41) is 2.69. The summed E-state index contributed by atoms with van der Waals surface area (Å²) >= 11 is 1.50. The molecule has 2 N–H and O–H groups in total. The maximum atomic E-state index is 13.6. The summed E-state index contributed by atoms with van der Waals surface area (Å²) in [6.45, 7) is 15.8. The van der Waals surface area contributed by atoms with E-state index in [4.69, 9.17) is 23.6 Å². The van der Waals surface area contributed by atoms with Crippen LogP contribution in [0.3, 0.4) is 0 Å². The minimum Gasteiger partial charge on any atom is -0.455 e. The van der Waals surface area contributed by atoms with Crippen molar-refractivity contribution in [1.82, 2.24) is 34.6 Å². The van der Waals surface area contributed by atoms with Crippen LogP contribution in [0, 0.1) is 5.92 Å². The average Bonchev–Trinajstić information content (AvgIpc) is 4.01. The fraction of sp³-hybridized carbons (Fsp3) is 0.488. The van der Waals surface area contributed by atoms with E-state index in [9.17, 15) is 19.2 Å². The minimum absolute atomic E-state index is 0.119. The summed E-state index contributed by atoms with van der Waals surface area (Å²) in [5.74, 6) is 1.55. The first-order valence-electron chi connectivity index (χ1n) is 20.1. The van der Waals surface area contributed by atoms with E-state index in [-0.39, 0.29) is 17.9 Å². The monoisotopic (exact) mass is 827 g/mol. The lowest BCUT2D eigenvalue weighted by Gasteiger charge is -2.30.